The summed E-state index contributed by atoms with van der Waals surface area (Å²) in [6.45, 7) is 4.63. The van der Waals surface area contributed by atoms with Gasteiger partial charge in [0.1, 0.15) is 5.78 Å². The highest BCUT2D eigenvalue weighted by molar-refractivity contribution is 5.78. The minimum atomic E-state index is -0.0701. The predicted octanol–water partition coefficient (Wildman–Crippen LogP) is 18.0. The van der Waals surface area contributed by atoms with Crippen LogP contribution in [0.4, 0.5) is 0 Å². The van der Waals surface area contributed by atoms with Gasteiger partial charge in [0.05, 0.1) is 12.6 Å². The fourth-order valence-corrected chi connectivity index (χ4v) is 8.69. The molecule has 0 radical (unpaired) electrons. The number of unbranched alkanes of at least 4 members (excludes halogenated alkanes) is 39. The lowest BCUT2D eigenvalue weighted by atomic mass is 10.0. The molecule has 0 saturated carbocycles. The van der Waals surface area contributed by atoms with Crippen molar-refractivity contribution in [2.75, 3.05) is 6.61 Å². The first-order valence-electron chi connectivity index (χ1n) is 27.2. The molecule has 350 valence electrons. The van der Waals surface area contributed by atoms with Gasteiger partial charge in [-0.1, -0.05) is 257 Å². The Morgan fingerprint density at radius 2 is 0.644 bits per heavy atom. The van der Waals surface area contributed by atoms with Gasteiger partial charge in [0.25, 0.3) is 0 Å². The lowest BCUT2D eigenvalue weighted by Crippen LogP contribution is -2.37. The van der Waals surface area contributed by atoms with E-state index >= 15 is 0 Å². The van der Waals surface area contributed by atoms with Gasteiger partial charge in [0.2, 0.25) is 5.91 Å². The minimum absolute atomic E-state index is 0.0581. The van der Waals surface area contributed by atoms with Crippen molar-refractivity contribution < 1.29 is 14.7 Å². The number of aliphatic hydroxyl groups is 1. The minimum Gasteiger partial charge on any atom is -0.394 e. The first kappa shape index (κ1) is 57.8. The summed E-state index contributed by atoms with van der Waals surface area (Å²) in [6.07, 6.45) is 64.4. The molecule has 0 aromatic carbocycles. The fraction of sp³-hybridized carbons (Fsp3) is 0.927. The van der Waals surface area contributed by atoms with Gasteiger partial charge in [-0.15, -0.1) is 0 Å². The van der Waals surface area contributed by atoms with E-state index in [4.69, 9.17) is 0 Å². The number of hydrogen-bond donors (Lipinski definition) is 2. The second-order valence-corrected chi connectivity index (χ2v) is 18.9. The topological polar surface area (TPSA) is 66.4 Å². The van der Waals surface area contributed by atoms with E-state index in [-0.39, 0.29) is 18.6 Å². The molecule has 0 aliphatic carbocycles. The van der Waals surface area contributed by atoms with Crippen molar-refractivity contribution in [1.29, 1.82) is 0 Å². The second kappa shape index (κ2) is 51.2. The van der Waals surface area contributed by atoms with Crippen LogP contribution in [0.2, 0.25) is 0 Å². The lowest BCUT2D eigenvalue weighted by Gasteiger charge is -2.16. The second-order valence-electron chi connectivity index (χ2n) is 18.9. The molecule has 2 N–H and O–H groups in total. The maximum absolute atomic E-state index is 12.4. The normalized spacial score (nSPS) is 12.2. The summed E-state index contributed by atoms with van der Waals surface area (Å²) in [6, 6.07) is -0.0701. The van der Waals surface area contributed by atoms with Crippen LogP contribution in [0.5, 0.6) is 0 Å². The highest BCUT2D eigenvalue weighted by Crippen LogP contribution is 2.17. The van der Waals surface area contributed by atoms with Crippen LogP contribution in [-0.2, 0) is 9.59 Å². The van der Waals surface area contributed by atoms with Crippen LogP contribution in [0.1, 0.15) is 316 Å². The summed E-state index contributed by atoms with van der Waals surface area (Å²) in [5.74, 6) is 0.616. The fourth-order valence-electron chi connectivity index (χ4n) is 8.69. The Bertz CT molecular complexity index is 855. The van der Waals surface area contributed by atoms with E-state index in [2.05, 4.69) is 31.3 Å². The number of amides is 1. The van der Waals surface area contributed by atoms with Crippen molar-refractivity contribution in [2.24, 2.45) is 0 Å². The molecule has 1 amide bonds. The van der Waals surface area contributed by atoms with Gasteiger partial charge in [-0.3, -0.25) is 9.59 Å². The monoisotopic (exact) mass is 830 g/mol. The summed E-state index contributed by atoms with van der Waals surface area (Å²) < 4.78 is 0. The van der Waals surface area contributed by atoms with E-state index in [1.54, 1.807) is 0 Å². The van der Waals surface area contributed by atoms with Gasteiger partial charge in [0.15, 0.2) is 0 Å². The number of aliphatic hydroxyl groups excluding tert-OH is 1. The van der Waals surface area contributed by atoms with Crippen molar-refractivity contribution in [3.05, 3.63) is 12.2 Å². The number of hydrogen-bond acceptors (Lipinski definition) is 3. The SMILES string of the molecule is CCCCCCCC/C=C\CCCCCCCCCCCC(=O)CCCCCCCCCCCCCCC(=O)N[C@H](CO)CCCCCCCCCCCCCCCC. The molecule has 0 aromatic rings. The average molecular weight is 830 g/mol. The first-order chi connectivity index (χ1) is 29.1. The summed E-state index contributed by atoms with van der Waals surface area (Å²) in [5.41, 5.74) is 0. The van der Waals surface area contributed by atoms with Crippen LogP contribution in [-0.4, -0.2) is 29.4 Å². The van der Waals surface area contributed by atoms with Gasteiger partial charge in [-0.05, 0) is 51.4 Å². The number of carbonyl (C=O) groups is 2. The van der Waals surface area contributed by atoms with Crippen molar-refractivity contribution in [3.8, 4) is 0 Å². The Morgan fingerprint density at radius 1 is 0.373 bits per heavy atom. The van der Waals surface area contributed by atoms with Gasteiger partial charge >= 0.3 is 0 Å². The summed E-state index contributed by atoms with van der Waals surface area (Å²) in [4.78, 5) is 24.7. The number of nitrogens with one attached hydrogen (secondary N) is 1. The van der Waals surface area contributed by atoms with Crippen LogP contribution in [0.3, 0.4) is 0 Å². The third-order valence-electron chi connectivity index (χ3n) is 12.8. The largest absolute Gasteiger partial charge is 0.394 e. The molecule has 0 fully saturated rings. The van der Waals surface area contributed by atoms with Crippen molar-refractivity contribution in [1.82, 2.24) is 5.32 Å². The zero-order valence-corrected chi connectivity index (χ0v) is 40.4. The lowest BCUT2D eigenvalue weighted by molar-refractivity contribution is -0.122. The van der Waals surface area contributed by atoms with Crippen LogP contribution in [0.15, 0.2) is 12.2 Å². The number of allylic oxidation sites excluding steroid dienone is 2. The average Bonchev–Trinajstić information content (AvgIpc) is 3.24. The highest BCUT2D eigenvalue weighted by Gasteiger charge is 2.11. The van der Waals surface area contributed by atoms with E-state index in [1.807, 2.05) is 0 Å². The summed E-state index contributed by atoms with van der Waals surface area (Å²) in [7, 11) is 0. The maximum atomic E-state index is 12.4. The van der Waals surface area contributed by atoms with E-state index in [9.17, 15) is 14.7 Å². The number of ketones is 1. The molecule has 0 bridgehead atoms. The van der Waals surface area contributed by atoms with Crippen molar-refractivity contribution in [2.45, 2.75) is 322 Å². The van der Waals surface area contributed by atoms with Gasteiger partial charge < -0.3 is 10.4 Å². The van der Waals surface area contributed by atoms with Crippen molar-refractivity contribution in [3.63, 3.8) is 0 Å². The Morgan fingerprint density at radius 3 is 0.966 bits per heavy atom. The predicted molar refractivity (Wildman–Crippen MR) is 262 cm³/mol. The standard InChI is InChI=1S/C55H107NO3/c1-3-5-7-9-11-13-15-17-19-20-21-22-23-25-29-33-37-41-45-49-54(58)50-46-42-38-34-30-26-27-31-35-39-43-47-51-55(59)56-53(52-57)48-44-40-36-32-28-24-18-16-14-12-10-8-6-4-2/h17,19,53,57H,3-16,18,20-52H2,1-2H3,(H,56,59)/b19-17-/t53-/m0/s1. The molecule has 0 aliphatic rings. The number of carbonyl (C=O) groups excluding carboxylic acids is 2. The zero-order valence-electron chi connectivity index (χ0n) is 40.4. The third kappa shape index (κ3) is 49.4. The third-order valence-corrected chi connectivity index (χ3v) is 12.8. The Labute approximate surface area is 370 Å². The van der Waals surface area contributed by atoms with Crippen LogP contribution < -0.4 is 5.32 Å². The van der Waals surface area contributed by atoms with Gasteiger partial charge in [0, 0.05) is 19.3 Å². The van der Waals surface area contributed by atoms with Gasteiger partial charge in [-0.25, -0.2) is 0 Å². The van der Waals surface area contributed by atoms with E-state index in [0.717, 1.165) is 51.4 Å². The molecular formula is C55H107NO3. The molecule has 0 aromatic heterocycles. The summed E-state index contributed by atoms with van der Waals surface area (Å²) >= 11 is 0. The van der Waals surface area contributed by atoms with Gasteiger partial charge in [-0.2, -0.15) is 0 Å². The van der Waals surface area contributed by atoms with Crippen LogP contribution >= 0.6 is 0 Å². The van der Waals surface area contributed by atoms with E-state index in [1.165, 1.54) is 244 Å². The molecule has 0 rings (SSSR count). The molecule has 0 heterocycles. The smallest absolute Gasteiger partial charge is 0.220 e. The highest BCUT2D eigenvalue weighted by atomic mass is 16.3. The Balaban J connectivity index is 3.36. The molecule has 4 heteroatoms. The molecule has 1 atom stereocenters. The zero-order chi connectivity index (χ0) is 42.8. The summed E-state index contributed by atoms with van der Waals surface area (Å²) in [5, 5.41) is 12.8. The first-order valence-corrected chi connectivity index (χ1v) is 27.2. The van der Waals surface area contributed by atoms with Crippen LogP contribution in [0, 0.1) is 0 Å². The van der Waals surface area contributed by atoms with Crippen molar-refractivity contribution >= 4 is 11.7 Å². The van der Waals surface area contributed by atoms with E-state index in [0.29, 0.717) is 12.2 Å². The molecule has 0 saturated heterocycles. The molecule has 4 nitrogen and oxygen atoms in total. The Kier molecular flexibility index (Phi) is 50.2. The molecule has 0 unspecified atom stereocenters. The number of rotatable bonds is 51. The Hall–Kier alpha value is -1.16. The molecule has 59 heavy (non-hydrogen) atoms. The molecule has 0 spiro atoms. The van der Waals surface area contributed by atoms with E-state index < -0.39 is 0 Å². The quantitative estimate of drug-likeness (QED) is 0.0474. The molecule has 0 aliphatic heterocycles. The number of Topliss-reactive ketones (excluding diaryl/α,β-unsaturated/α-hetero) is 1. The van der Waals surface area contributed by atoms with Crippen LogP contribution in [0.25, 0.3) is 0 Å². The molecular weight excluding hydrogens is 723 g/mol. The maximum Gasteiger partial charge on any atom is 0.220 e.